The van der Waals surface area contributed by atoms with Crippen LogP contribution in [0.5, 0.6) is 0 Å². The Labute approximate surface area is 180 Å². The third kappa shape index (κ3) is 5.34. The molecule has 0 saturated heterocycles. The second-order valence-corrected chi connectivity index (χ2v) is 9.23. The van der Waals surface area contributed by atoms with Gasteiger partial charge >= 0.3 is 0 Å². The van der Waals surface area contributed by atoms with Gasteiger partial charge in [-0.3, -0.25) is 9.10 Å². The van der Waals surface area contributed by atoms with Crippen LogP contribution < -0.4 is 9.73 Å². The van der Waals surface area contributed by atoms with Gasteiger partial charge in [-0.25, -0.2) is 18.8 Å². The molecule has 30 heavy (non-hydrogen) atoms. The molecule has 9 heteroatoms. The van der Waals surface area contributed by atoms with E-state index < -0.39 is 22.5 Å². The second-order valence-electron chi connectivity index (χ2n) is 6.97. The molecule has 0 unspecified atom stereocenters. The first-order valence-electron chi connectivity index (χ1n) is 9.07. The van der Waals surface area contributed by atoms with Crippen molar-refractivity contribution in [1.82, 2.24) is 10.4 Å². The Morgan fingerprint density at radius 3 is 2.60 bits per heavy atom. The Morgan fingerprint density at radius 1 is 1.17 bits per heavy atom. The van der Waals surface area contributed by atoms with Crippen LogP contribution in [-0.2, 0) is 14.8 Å². The summed E-state index contributed by atoms with van der Waals surface area (Å²) in [6.07, 6.45) is 2.43. The molecular formula is C21H21ClN4O3S. The SMILES string of the molecule is Cc1cccc(N(CC(=O)N/N=C/c2cc3ccc(C)cc3nc2Cl)S(C)(=O)=O)c1. The number of benzene rings is 2. The number of carbonyl (C=O) groups excluding carboxylic acids is 1. The van der Waals surface area contributed by atoms with Crippen LogP contribution in [0.4, 0.5) is 5.69 Å². The minimum absolute atomic E-state index is 0.253. The zero-order valence-corrected chi connectivity index (χ0v) is 18.3. The smallest absolute Gasteiger partial charge is 0.260 e. The molecule has 0 aliphatic heterocycles. The Balaban J connectivity index is 1.74. The van der Waals surface area contributed by atoms with E-state index in [4.69, 9.17) is 11.6 Å². The summed E-state index contributed by atoms with van der Waals surface area (Å²) in [4.78, 5) is 16.6. The molecule has 1 heterocycles. The highest BCUT2D eigenvalue weighted by Gasteiger charge is 2.20. The van der Waals surface area contributed by atoms with E-state index in [1.54, 1.807) is 18.2 Å². The number of pyridine rings is 1. The molecule has 1 amide bonds. The summed E-state index contributed by atoms with van der Waals surface area (Å²) in [5.74, 6) is -0.585. The van der Waals surface area contributed by atoms with Crippen LogP contribution in [0.25, 0.3) is 10.9 Å². The van der Waals surface area contributed by atoms with Crippen LogP contribution in [0.2, 0.25) is 5.15 Å². The lowest BCUT2D eigenvalue weighted by molar-refractivity contribution is -0.119. The summed E-state index contributed by atoms with van der Waals surface area (Å²) in [5.41, 5.74) is 6.01. The van der Waals surface area contributed by atoms with Crippen LogP contribution in [0.1, 0.15) is 16.7 Å². The first-order valence-corrected chi connectivity index (χ1v) is 11.3. The number of hydrogen-bond acceptors (Lipinski definition) is 5. The first-order chi connectivity index (χ1) is 14.1. The van der Waals surface area contributed by atoms with Crippen molar-refractivity contribution in [2.24, 2.45) is 5.10 Å². The number of hydrazone groups is 1. The Morgan fingerprint density at radius 2 is 1.90 bits per heavy atom. The molecule has 1 N–H and O–H groups in total. The van der Waals surface area contributed by atoms with Gasteiger partial charge in [-0.2, -0.15) is 5.10 Å². The summed E-state index contributed by atoms with van der Waals surface area (Å²) in [6.45, 7) is 3.41. The van der Waals surface area contributed by atoms with Crippen molar-refractivity contribution in [2.75, 3.05) is 17.1 Å². The van der Waals surface area contributed by atoms with Gasteiger partial charge in [0.2, 0.25) is 10.0 Å². The number of fused-ring (bicyclic) bond motifs is 1. The molecule has 0 aliphatic rings. The molecule has 0 saturated carbocycles. The maximum absolute atomic E-state index is 12.3. The predicted octanol–water partition coefficient (Wildman–Crippen LogP) is 3.42. The van der Waals surface area contributed by atoms with E-state index in [1.165, 1.54) is 6.21 Å². The van der Waals surface area contributed by atoms with Gasteiger partial charge in [-0.15, -0.1) is 0 Å². The van der Waals surface area contributed by atoms with Gasteiger partial charge in [-0.05, 0) is 49.2 Å². The average Bonchev–Trinajstić information content (AvgIpc) is 2.65. The molecule has 0 spiro atoms. The number of nitrogens with zero attached hydrogens (tertiary/aromatic N) is 3. The van der Waals surface area contributed by atoms with Gasteiger partial charge in [0.25, 0.3) is 5.91 Å². The Bertz CT molecular complexity index is 1240. The average molecular weight is 445 g/mol. The summed E-state index contributed by atoms with van der Waals surface area (Å²) < 4.78 is 25.3. The lowest BCUT2D eigenvalue weighted by atomic mass is 10.1. The van der Waals surface area contributed by atoms with Crippen molar-refractivity contribution in [2.45, 2.75) is 13.8 Å². The highest BCUT2D eigenvalue weighted by atomic mass is 35.5. The van der Waals surface area contributed by atoms with Gasteiger partial charge in [-0.1, -0.05) is 35.9 Å². The molecular weight excluding hydrogens is 424 g/mol. The molecule has 0 radical (unpaired) electrons. The van der Waals surface area contributed by atoms with Crippen LogP contribution in [-0.4, -0.2) is 38.3 Å². The fourth-order valence-electron chi connectivity index (χ4n) is 2.88. The summed E-state index contributed by atoms with van der Waals surface area (Å²) in [6, 6.07) is 14.5. The fraction of sp³-hybridized carbons (Fsp3) is 0.190. The van der Waals surface area contributed by atoms with E-state index in [0.717, 1.165) is 32.6 Å². The third-order valence-electron chi connectivity index (χ3n) is 4.32. The molecule has 156 valence electrons. The maximum Gasteiger partial charge on any atom is 0.260 e. The van der Waals surface area contributed by atoms with Crippen molar-refractivity contribution in [3.8, 4) is 0 Å². The minimum Gasteiger partial charge on any atom is -0.271 e. The number of aryl methyl sites for hydroxylation is 2. The van der Waals surface area contributed by atoms with E-state index >= 15 is 0 Å². The normalized spacial score (nSPS) is 11.7. The number of aromatic nitrogens is 1. The van der Waals surface area contributed by atoms with E-state index in [9.17, 15) is 13.2 Å². The second kappa shape index (κ2) is 8.81. The van der Waals surface area contributed by atoms with Gasteiger partial charge in [0.15, 0.2) is 0 Å². The Hall–Kier alpha value is -2.97. The topological polar surface area (TPSA) is 91.7 Å². The van der Waals surface area contributed by atoms with Crippen LogP contribution in [0.15, 0.2) is 53.6 Å². The van der Waals surface area contributed by atoms with Gasteiger partial charge in [0.05, 0.1) is 23.7 Å². The number of amides is 1. The summed E-state index contributed by atoms with van der Waals surface area (Å²) in [5, 5.41) is 5.05. The maximum atomic E-state index is 12.3. The van der Waals surface area contributed by atoms with E-state index in [1.807, 2.05) is 44.2 Å². The first kappa shape index (κ1) is 21.7. The molecule has 0 aliphatic carbocycles. The molecule has 2 aromatic carbocycles. The van der Waals surface area contributed by atoms with Crippen LogP contribution >= 0.6 is 11.6 Å². The summed E-state index contributed by atoms with van der Waals surface area (Å²) in [7, 11) is -3.65. The Kier molecular flexibility index (Phi) is 6.38. The molecule has 3 rings (SSSR count). The highest BCUT2D eigenvalue weighted by molar-refractivity contribution is 7.92. The number of anilines is 1. The molecule has 0 fully saturated rings. The lowest BCUT2D eigenvalue weighted by Crippen LogP contribution is -2.39. The quantitative estimate of drug-likeness (QED) is 0.358. The predicted molar refractivity (Wildman–Crippen MR) is 121 cm³/mol. The molecule has 0 bridgehead atoms. The number of rotatable bonds is 6. The highest BCUT2D eigenvalue weighted by Crippen LogP contribution is 2.21. The number of hydrogen-bond donors (Lipinski definition) is 1. The molecule has 0 atom stereocenters. The van der Waals surface area contributed by atoms with E-state index in [2.05, 4.69) is 15.5 Å². The monoisotopic (exact) mass is 444 g/mol. The molecule has 1 aromatic heterocycles. The van der Waals surface area contributed by atoms with Gasteiger partial charge in [0, 0.05) is 10.9 Å². The van der Waals surface area contributed by atoms with Crippen molar-refractivity contribution in [3.63, 3.8) is 0 Å². The van der Waals surface area contributed by atoms with E-state index in [-0.39, 0.29) is 5.15 Å². The van der Waals surface area contributed by atoms with Crippen molar-refractivity contribution in [3.05, 3.63) is 70.4 Å². The van der Waals surface area contributed by atoms with Crippen LogP contribution in [0, 0.1) is 13.8 Å². The minimum atomic E-state index is -3.65. The van der Waals surface area contributed by atoms with Gasteiger partial charge < -0.3 is 0 Å². The zero-order chi connectivity index (χ0) is 21.9. The van der Waals surface area contributed by atoms with Crippen LogP contribution in [0.3, 0.4) is 0 Å². The molecule has 7 nitrogen and oxygen atoms in total. The van der Waals surface area contributed by atoms with E-state index in [0.29, 0.717) is 11.3 Å². The van der Waals surface area contributed by atoms with Crippen molar-refractivity contribution in [1.29, 1.82) is 0 Å². The zero-order valence-electron chi connectivity index (χ0n) is 16.8. The third-order valence-corrected chi connectivity index (χ3v) is 5.77. The van der Waals surface area contributed by atoms with Crippen molar-refractivity contribution < 1.29 is 13.2 Å². The number of halogens is 1. The van der Waals surface area contributed by atoms with Gasteiger partial charge in [0.1, 0.15) is 11.7 Å². The number of nitrogens with one attached hydrogen (secondary N) is 1. The number of carbonyl (C=O) groups is 1. The standard InChI is InChI=1S/C21H21ClN4O3S/c1-14-5-4-6-18(9-14)26(30(3,28)29)13-20(27)25-23-12-17-11-16-8-7-15(2)10-19(16)24-21(17)22/h4-12H,13H2,1-3H3,(H,25,27)/b23-12+. The molecule has 3 aromatic rings. The van der Waals surface area contributed by atoms with Crippen molar-refractivity contribution >= 4 is 50.3 Å². The summed E-state index contributed by atoms with van der Waals surface area (Å²) >= 11 is 6.21. The number of sulfonamides is 1. The largest absolute Gasteiger partial charge is 0.271 e. The fourth-order valence-corrected chi connectivity index (χ4v) is 3.93. The lowest BCUT2D eigenvalue weighted by Gasteiger charge is -2.21.